The first-order valence-corrected chi connectivity index (χ1v) is 12.1. The van der Waals surface area contributed by atoms with Crippen molar-refractivity contribution in [3.8, 4) is 5.75 Å². The lowest BCUT2D eigenvalue weighted by Gasteiger charge is -2.50. The van der Waals surface area contributed by atoms with Crippen molar-refractivity contribution in [2.75, 3.05) is 13.1 Å². The van der Waals surface area contributed by atoms with E-state index in [0.29, 0.717) is 18.7 Å². The van der Waals surface area contributed by atoms with E-state index in [2.05, 4.69) is 29.2 Å². The summed E-state index contributed by atoms with van der Waals surface area (Å²) in [5, 5.41) is 0. The molecule has 5 rings (SSSR count). The van der Waals surface area contributed by atoms with E-state index in [4.69, 9.17) is 16.3 Å². The highest BCUT2D eigenvalue weighted by Crippen LogP contribution is 2.47. The molecule has 0 saturated carbocycles. The Bertz CT molecular complexity index is 1250. The molecule has 0 radical (unpaired) electrons. The average Bonchev–Trinajstić information content (AvgIpc) is 2.88. The van der Waals surface area contributed by atoms with Gasteiger partial charge in [0.05, 0.1) is 16.5 Å². The quantitative estimate of drug-likeness (QED) is 0.236. The largest absolute Gasteiger partial charge is 0.489 e. The molecule has 0 N–H and O–H groups in total. The van der Waals surface area contributed by atoms with Crippen LogP contribution < -0.4 is 4.74 Å². The maximum Gasteiger partial charge on any atom is 0.416 e. The van der Waals surface area contributed by atoms with E-state index in [1.54, 1.807) is 6.07 Å². The molecule has 0 unspecified atom stereocenters. The number of hydrogen-bond donors (Lipinski definition) is 0. The van der Waals surface area contributed by atoms with Gasteiger partial charge in [-0.15, -0.1) is 11.6 Å². The topological polar surface area (TPSA) is 12.5 Å². The highest BCUT2D eigenvalue weighted by atomic mass is 35.5. The summed E-state index contributed by atoms with van der Waals surface area (Å²) in [5.74, 6) is 0.157. The van der Waals surface area contributed by atoms with E-state index in [1.165, 1.54) is 0 Å². The summed E-state index contributed by atoms with van der Waals surface area (Å²) in [6, 6.07) is 33.3. The first-order valence-electron chi connectivity index (χ1n) is 11.7. The highest BCUT2D eigenvalue weighted by molar-refractivity contribution is 6.25. The minimum Gasteiger partial charge on any atom is -0.489 e. The van der Waals surface area contributed by atoms with Crippen molar-refractivity contribution < 1.29 is 17.9 Å². The van der Waals surface area contributed by atoms with Crippen LogP contribution in [0.25, 0.3) is 0 Å². The number of benzene rings is 4. The van der Waals surface area contributed by atoms with Crippen molar-refractivity contribution >= 4 is 11.6 Å². The summed E-state index contributed by atoms with van der Waals surface area (Å²) in [4.78, 5) is 1.25. The zero-order chi connectivity index (χ0) is 25.2. The van der Waals surface area contributed by atoms with Crippen LogP contribution in [0.4, 0.5) is 13.2 Å². The minimum atomic E-state index is -4.51. The van der Waals surface area contributed by atoms with Crippen molar-refractivity contribution in [1.29, 1.82) is 0 Å². The SMILES string of the molecule is FC(F)(F)c1cc(OCc2ccccc2)cc(C2(Cl)CN(C(c3ccccc3)c3ccccc3)C2)c1. The van der Waals surface area contributed by atoms with Gasteiger partial charge in [-0.1, -0.05) is 91.0 Å². The molecule has 0 aliphatic carbocycles. The summed E-state index contributed by atoms with van der Waals surface area (Å²) in [6.07, 6.45) is -4.51. The van der Waals surface area contributed by atoms with Crippen LogP contribution in [0.5, 0.6) is 5.75 Å². The second-order valence-electron chi connectivity index (χ2n) is 9.11. The number of hydrogen-bond acceptors (Lipinski definition) is 2. The summed E-state index contributed by atoms with van der Waals surface area (Å²) < 4.78 is 47.1. The molecule has 1 heterocycles. The van der Waals surface area contributed by atoms with Crippen LogP contribution >= 0.6 is 11.6 Å². The molecule has 1 fully saturated rings. The lowest BCUT2D eigenvalue weighted by Crippen LogP contribution is -2.57. The Morgan fingerprint density at radius 2 is 1.31 bits per heavy atom. The Balaban J connectivity index is 1.42. The van der Waals surface area contributed by atoms with Crippen molar-refractivity contribution in [3.63, 3.8) is 0 Å². The van der Waals surface area contributed by atoms with Crippen LogP contribution in [0.1, 0.15) is 33.9 Å². The zero-order valence-corrected chi connectivity index (χ0v) is 20.2. The van der Waals surface area contributed by atoms with E-state index in [-0.39, 0.29) is 18.4 Å². The number of nitrogens with zero attached hydrogens (tertiary/aromatic N) is 1. The Morgan fingerprint density at radius 1 is 0.778 bits per heavy atom. The van der Waals surface area contributed by atoms with Crippen LogP contribution in [0.2, 0.25) is 0 Å². The normalized spacial score (nSPS) is 15.5. The number of alkyl halides is 4. The van der Waals surface area contributed by atoms with Gasteiger partial charge in [-0.2, -0.15) is 13.2 Å². The number of rotatable bonds is 7. The average molecular weight is 508 g/mol. The van der Waals surface area contributed by atoms with Crippen molar-refractivity contribution in [1.82, 2.24) is 4.90 Å². The predicted molar refractivity (Wildman–Crippen MR) is 136 cm³/mol. The Hall–Kier alpha value is -3.28. The predicted octanol–water partition coefficient (Wildman–Crippen LogP) is 7.82. The van der Waals surface area contributed by atoms with Crippen LogP contribution in [0.3, 0.4) is 0 Å². The standard InChI is InChI=1S/C30H25ClF3NO/c31-29(20-35(21-29)28(23-12-6-2-7-13-23)24-14-8-3-9-15-24)25-16-26(30(32,33)34)18-27(17-25)36-19-22-10-4-1-5-11-22/h1-18,28H,19-21H2. The molecule has 1 aliphatic rings. The number of likely N-dealkylation sites (tertiary alicyclic amines) is 1. The molecule has 4 aromatic rings. The number of halogens is 4. The molecule has 2 nitrogen and oxygen atoms in total. The molecular formula is C30H25ClF3NO. The third kappa shape index (κ3) is 5.28. The molecule has 6 heteroatoms. The van der Waals surface area contributed by atoms with Gasteiger partial charge in [-0.3, -0.25) is 4.90 Å². The third-order valence-corrected chi connectivity index (χ3v) is 6.96. The van der Waals surface area contributed by atoms with Crippen molar-refractivity contribution in [3.05, 3.63) is 137 Å². The molecule has 0 atom stereocenters. The first kappa shape index (κ1) is 24.4. The fourth-order valence-electron chi connectivity index (χ4n) is 4.69. The summed E-state index contributed by atoms with van der Waals surface area (Å²) in [7, 11) is 0. The van der Waals surface area contributed by atoms with Gasteiger partial charge in [0, 0.05) is 13.1 Å². The number of ether oxygens (including phenoxy) is 1. The van der Waals surface area contributed by atoms with Crippen LogP contribution in [0, 0.1) is 0 Å². The van der Waals surface area contributed by atoms with Crippen molar-refractivity contribution in [2.24, 2.45) is 0 Å². The van der Waals surface area contributed by atoms with Gasteiger partial charge in [0.1, 0.15) is 12.4 Å². The molecule has 0 bridgehead atoms. The smallest absolute Gasteiger partial charge is 0.416 e. The van der Waals surface area contributed by atoms with Crippen LogP contribution in [0.15, 0.2) is 109 Å². The first-order chi connectivity index (χ1) is 17.3. The van der Waals surface area contributed by atoms with Gasteiger partial charge in [0.15, 0.2) is 0 Å². The summed E-state index contributed by atoms with van der Waals surface area (Å²) >= 11 is 6.99. The van der Waals surface area contributed by atoms with Gasteiger partial charge in [-0.25, -0.2) is 0 Å². The molecule has 184 valence electrons. The van der Waals surface area contributed by atoms with Crippen LogP contribution in [-0.2, 0) is 17.7 Å². The maximum absolute atomic E-state index is 13.8. The van der Waals surface area contributed by atoms with E-state index in [0.717, 1.165) is 28.8 Å². The fraction of sp³-hybridized carbons (Fsp3) is 0.200. The minimum absolute atomic E-state index is 0.0427. The van der Waals surface area contributed by atoms with E-state index in [1.807, 2.05) is 66.7 Å². The molecule has 1 aliphatic heterocycles. The fourth-order valence-corrected chi connectivity index (χ4v) is 5.11. The third-order valence-electron chi connectivity index (χ3n) is 6.50. The van der Waals surface area contributed by atoms with Crippen molar-refractivity contribution in [2.45, 2.75) is 23.7 Å². The lowest BCUT2D eigenvalue weighted by molar-refractivity contribution is -0.137. The monoisotopic (exact) mass is 507 g/mol. The molecular weight excluding hydrogens is 483 g/mol. The van der Waals surface area contributed by atoms with Gasteiger partial charge in [0.2, 0.25) is 0 Å². The van der Waals surface area contributed by atoms with Gasteiger partial charge < -0.3 is 4.74 Å². The lowest BCUT2D eigenvalue weighted by atomic mass is 9.85. The molecule has 0 amide bonds. The van der Waals surface area contributed by atoms with E-state index < -0.39 is 16.6 Å². The highest BCUT2D eigenvalue weighted by Gasteiger charge is 2.47. The molecule has 36 heavy (non-hydrogen) atoms. The second kappa shape index (κ2) is 10.00. The summed E-state index contributed by atoms with van der Waals surface area (Å²) in [5.41, 5.74) is 2.75. The van der Waals surface area contributed by atoms with Gasteiger partial charge >= 0.3 is 6.18 Å². The van der Waals surface area contributed by atoms with E-state index in [9.17, 15) is 13.2 Å². The molecule has 0 aromatic heterocycles. The zero-order valence-electron chi connectivity index (χ0n) is 19.5. The van der Waals surface area contributed by atoms with E-state index >= 15 is 0 Å². The maximum atomic E-state index is 13.8. The van der Waals surface area contributed by atoms with Gasteiger partial charge in [-0.05, 0) is 40.5 Å². The Kier molecular flexibility index (Phi) is 6.78. The van der Waals surface area contributed by atoms with Crippen LogP contribution in [-0.4, -0.2) is 18.0 Å². The van der Waals surface area contributed by atoms with Gasteiger partial charge in [0.25, 0.3) is 0 Å². The molecule has 1 saturated heterocycles. The molecule has 4 aromatic carbocycles. The Morgan fingerprint density at radius 3 is 1.83 bits per heavy atom. The second-order valence-corrected chi connectivity index (χ2v) is 9.84. The Labute approximate surface area is 213 Å². The summed E-state index contributed by atoms with van der Waals surface area (Å²) in [6.45, 7) is 0.984. The molecule has 0 spiro atoms.